The van der Waals surface area contributed by atoms with Crippen molar-refractivity contribution in [3.63, 3.8) is 0 Å². The van der Waals surface area contributed by atoms with Crippen LogP contribution in [0.4, 0.5) is 13.2 Å². The molecule has 4 nitrogen and oxygen atoms in total. The molecule has 2 N–H and O–H groups in total. The van der Waals surface area contributed by atoms with Crippen LogP contribution in [-0.4, -0.2) is 56.3 Å². The minimum Gasteiger partial charge on any atom is -0.356 e. The lowest BCUT2D eigenvalue weighted by Crippen LogP contribution is -2.45. The second-order valence-corrected chi connectivity index (χ2v) is 6.91. The molecule has 7 heteroatoms. The summed E-state index contributed by atoms with van der Waals surface area (Å²) < 4.78 is 37.5. The zero-order valence-corrected chi connectivity index (χ0v) is 15.4. The van der Waals surface area contributed by atoms with E-state index in [1.807, 2.05) is 12.1 Å². The van der Waals surface area contributed by atoms with Crippen LogP contribution in [0.25, 0.3) is 10.8 Å². The lowest BCUT2D eigenvalue weighted by Gasteiger charge is -2.19. The van der Waals surface area contributed by atoms with E-state index >= 15 is 0 Å². The number of nitrogens with one attached hydrogen (secondary N) is 2. The minimum atomic E-state index is -4.14. The monoisotopic (exact) mass is 378 g/mol. The zero-order valence-electron chi connectivity index (χ0n) is 15.4. The third-order valence-corrected chi connectivity index (χ3v) is 4.76. The number of benzene rings is 2. The first-order chi connectivity index (χ1) is 12.9. The molecule has 1 aliphatic rings. The van der Waals surface area contributed by atoms with Crippen molar-refractivity contribution in [3.8, 4) is 0 Å². The van der Waals surface area contributed by atoms with E-state index in [1.54, 1.807) is 7.05 Å². The Morgan fingerprint density at radius 2 is 1.96 bits per heavy atom. The van der Waals surface area contributed by atoms with Gasteiger partial charge in [0.2, 0.25) is 0 Å². The molecule has 1 unspecified atom stereocenters. The molecule has 1 atom stereocenters. The highest BCUT2D eigenvalue weighted by molar-refractivity contribution is 5.83. The summed E-state index contributed by atoms with van der Waals surface area (Å²) in [6.45, 7) is 0.687. The Balaban J connectivity index is 1.45. The first-order valence-electron chi connectivity index (χ1n) is 9.17. The summed E-state index contributed by atoms with van der Waals surface area (Å²) in [5.74, 6) is 0.634. The van der Waals surface area contributed by atoms with Gasteiger partial charge in [-0.25, -0.2) is 0 Å². The molecule has 0 radical (unpaired) electrons. The number of hydrogen-bond acceptors (Lipinski definition) is 2. The van der Waals surface area contributed by atoms with Gasteiger partial charge in [-0.1, -0.05) is 42.5 Å². The van der Waals surface area contributed by atoms with Crippen LogP contribution < -0.4 is 10.6 Å². The predicted molar refractivity (Wildman–Crippen MR) is 103 cm³/mol. The van der Waals surface area contributed by atoms with Gasteiger partial charge in [0.05, 0.1) is 6.54 Å². The number of alkyl halides is 3. The number of halogens is 3. The minimum absolute atomic E-state index is 0.0146. The van der Waals surface area contributed by atoms with Gasteiger partial charge < -0.3 is 10.6 Å². The van der Waals surface area contributed by atoms with Gasteiger partial charge in [0, 0.05) is 32.7 Å². The van der Waals surface area contributed by atoms with E-state index in [2.05, 4.69) is 46.0 Å². The van der Waals surface area contributed by atoms with Crippen molar-refractivity contribution < 1.29 is 13.2 Å². The predicted octanol–water partition coefficient (Wildman–Crippen LogP) is 3.18. The van der Waals surface area contributed by atoms with Crippen molar-refractivity contribution in [1.29, 1.82) is 0 Å². The van der Waals surface area contributed by atoms with Crippen LogP contribution in [0.15, 0.2) is 47.5 Å². The Labute approximate surface area is 157 Å². The number of likely N-dealkylation sites (tertiary alicyclic amines) is 1. The van der Waals surface area contributed by atoms with E-state index in [-0.39, 0.29) is 6.04 Å². The van der Waals surface area contributed by atoms with Crippen molar-refractivity contribution in [2.75, 3.05) is 33.2 Å². The highest BCUT2D eigenvalue weighted by Gasteiger charge is 2.34. The molecule has 27 heavy (non-hydrogen) atoms. The maximum atomic E-state index is 12.5. The highest BCUT2D eigenvalue weighted by atomic mass is 19.4. The summed E-state index contributed by atoms with van der Waals surface area (Å²) in [6.07, 6.45) is -2.62. The Morgan fingerprint density at radius 3 is 2.70 bits per heavy atom. The number of hydrogen-bond donors (Lipinski definition) is 2. The van der Waals surface area contributed by atoms with E-state index in [4.69, 9.17) is 0 Å². The Kier molecular flexibility index (Phi) is 6.21. The molecule has 0 aliphatic carbocycles. The topological polar surface area (TPSA) is 39.7 Å². The van der Waals surface area contributed by atoms with Gasteiger partial charge in [0.1, 0.15) is 0 Å². The van der Waals surface area contributed by atoms with Gasteiger partial charge in [0.15, 0.2) is 5.96 Å². The van der Waals surface area contributed by atoms with E-state index in [1.165, 1.54) is 21.2 Å². The quantitative estimate of drug-likeness (QED) is 0.620. The maximum Gasteiger partial charge on any atom is 0.401 e. The zero-order chi connectivity index (χ0) is 19.3. The second kappa shape index (κ2) is 8.61. The number of rotatable bonds is 5. The lowest BCUT2D eigenvalue weighted by molar-refractivity contribution is -0.143. The summed E-state index contributed by atoms with van der Waals surface area (Å²) >= 11 is 0. The van der Waals surface area contributed by atoms with Crippen LogP contribution in [0.5, 0.6) is 0 Å². The van der Waals surface area contributed by atoms with Crippen LogP contribution in [0.3, 0.4) is 0 Å². The normalized spacial score (nSPS) is 18.8. The van der Waals surface area contributed by atoms with Crippen molar-refractivity contribution in [2.45, 2.75) is 25.1 Å². The first-order valence-corrected chi connectivity index (χ1v) is 9.17. The Bertz CT molecular complexity index is 788. The number of nitrogens with zero attached hydrogens (tertiary/aromatic N) is 2. The largest absolute Gasteiger partial charge is 0.401 e. The van der Waals surface area contributed by atoms with Crippen molar-refractivity contribution >= 4 is 16.7 Å². The molecule has 0 amide bonds. The standard InChI is InChI=1S/C20H25F3N4/c1-24-19(26-18-9-11-27(13-18)14-20(21,22)23)25-10-8-15-6-7-16-4-2-3-5-17(16)12-15/h2-7,12,18H,8-11,13-14H2,1H3,(H2,24,25,26). The van der Waals surface area contributed by atoms with Gasteiger partial charge >= 0.3 is 6.18 Å². The van der Waals surface area contributed by atoms with Crippen molar-refractivity contribution in [2.24, 2.45) is 4.99 Å². The molecule has 0 aromatic heterocycles. The molecular weight excluding hydrogens is 353 g/mol. The SMILES string of the molecule is CN=C(NCCc1ccc2ccccc2c1)NC1CCN(CC(F)(F)F)C1. The number of guanidine groups is 1. The molecule has 0 spiro atoms. The van der Waals surface area contributed by atoms with Crippen LogP contribution in [0, 0.1) is 0 Å². The van der Waals surface area contributed by atoms with Gasteiger partial charge in [-0.2, -0.15) is 13.2 Å². The van der Waals surface area contributed by atoms with E-state index in [0.717, 1.165) is 6.42 Å². The van der Waals surface area contributed by atoms with Crippen LogP contribution >= 0.6 is 0 Å². The molecule has 1 aliphatic heterocycles. The molecule has 2 aromatic carbocycles. The molecule has 1 saturated heterocycles. The molecular formula is C20H25F3N4. The van der Waals surface area contributed by atoms with Crippen LogP contribution in [-0.2, 0) is 6.42 Å². The summed E-state index contributed by atoms with van der Waals surface area (Å²) in [5, 5.41) is 8.92. The molecule has 0 saturated carbocycles. The average molecular weight is 378 g/mol. The molecule has 0 bridgehead atoms. The molecule has 2 aromatic rings. The van der Waals surface area contributed by atoms with Gasteiger partial charge in [-0.05, 0) is 29.2 Å². The molecule has 3 rings (SSSR count). The highest BCUT2D eigenvalue weighted by Crippen LogP contribution is 2.20. The van der Waals surface area contributed by atoms with Crippen LogP contribution in [0.1, 0.15) is 12.0 Å². The fraction of sp³-hybridized carbons (Fsp3) is 0.450. The molecule has 1 fully saturated rings. The van der Waals surface area contributed by atoms with Crippen molar-refractivity contribution in [1.82, 2.24) is 15.5 Å². The van der Waals surface area contributed by atoms with Gasteiger partial charge in [-0.15, -0.1) is 0 Å². The molecule has 146 valence electrons. The van der Waals surface area contributed by atoms with E-state index in [0.29, 0.717) is 32.0 Å². The Morgan fingerprint density at radius 1 is 1.19 bits per heavy atom. The van der Waals surface area contributed by atoms with E-state index in [9.17, 15) is 13.2 Å². The van der Waals surface area contributed by atoms with Crippen molar-refractivity contribution in [3.05, 3.63) is 48.0 Å². The second-order valence-electron chi connectivity index (χ2n) is 6.91. The number of fused-ring (bicyclic) bond motifs is 1. The average Bonchev–Trinajstić information content (AvgIpc) is 3.05. The lowest BCUT2D eigenvalue weighted by atomic mass is 10.1. The molecule has 1 heterocycles. The summed E-state index contributed by atoms with van der Waals surface area (Å²) in [5.41, 5.74) is 1.23. The van der Waals surface area contributed by atoms with Crippen LogP contribution in [0.2, 0.25) is 0 Å². The first kappa shape index (κ1) is 19.5. The third-order valence-electron chi connectivity index (χ3n) is 4.76. The van der Waals surface area contributed by atoms with Gasteiger partial charge in [-0.3, -0.25) is 9.89 Å². The smallest absolute Gasteiger partial charge is 0.356 e. The van der Waals surface area contributed by atoms with Gasteiger partial charge in [0.25, 0.3) is 0 Å². The number of aliphatic imine (C=N–C) groups is 1. The third kappa shape index (κ3) is 5.85. The van der Waals surface area contributed by atoms with E-state index < -0.39 is 12.7 Å². The summed E-state index contributed by atoms with van der Waals surface area (Å²) in [4.78, 5) is 5.62. The fourth-order valence-corrected chi connectivity index (χ4v) is 3.46. The summed E-state index contributed by atoms with van der Waals surface area (Å²) in [6, 6.07) is 14.6. The fourth-order valence-electron chi connectivity index (χ4n) is 3.46. The Hall–Kier alpha value is -2.28. The maximum absolute atomic E-state index is 12.5. The summed E-state index contributed by atoms with van der Waals surface area (Å²) in [7, 11) is 1.67.